The van der Waals surface area contributed by atoms with Gasteiger partial charge in [-0.15, -0.1) is 0 Å². The van der Waals surface area contributed by atoms with Gasteiger partial charge in [0, 0.05) is 17.1 Å². The number of nitrogens with zero attached hydrogens (tertiary/aromatic N) is 1. The Balaban J connectivity index is 2.26. The van der Waals surface area contributed by atoms with Gasteiger partial charge in [0.05, 0.1) is 5.75 Å². The second-order valence-electron chi connectivity index (χ2n) is 4.68. The molecule has 5 heteroatoms. The number of halogens is 1. The van der Waals surface area contributed by atoms with Crippen molar-refractivity contribution in [3.8, 4) is 0 Å². The average molecular weight is 318 g/mol. The maximum absolute atomic E-state index is 12.0. The lowest BCUT2D eigenvalue weighted by Crippen LogP contribution is -2.29. The van der Waals surface area contributed by atoms with Crippen LogP contribution in [-0.2, 0) is 10.0 Å². The zero-order valence-corrected chi connectivity index (χ0v) is 12.3. The minimum atomic E-state index is -3.07. The van der Waals surface area contributed by atoms with Gasteiger partial charge < -0.3 is 0 Å². The second kappa shape index (κ2) is 4.71. The molecule has 94 valence electrons. The Labute approximate surface area is 111 Å². The molecule has 3 nitrogen and oxygen atoms in total. The average Bonchev–Trinajstić information content (AvgIpc) is 2.52. The van der Waals surface area contributed by atoms with Crippen LogP contribution < -0.4 is 0 Å². The highest BCUT2D eigenvalue weighted by Crippen LogP contribution is 2.30. The van der Waals surface area contributed by atoms with E-state index in [1.807, 2.05) is 38.1 Å². The van der Waals surface area contributed by atoms with Crippen molar-refractivity contribution in [2.75, 3.05) is 12.3 Å². The Hall–Kier alpha value is -0.390. The van der Waals surface area contributed by atoms with E-state index in [1.165, 1.54) is 0 Å². The molecule has 1 aromatic rings. The molecule has 2 atom stereocenters. The summed E-state index contributed by atoms with van der Waals surface area (Å²) < 4.78 is 26.6. The highest BCUT2D eigenvalue weighted by atomic mass is 79.9. The zero-order chi connectivity index (χ0) is 12.6. The van der Waals surface area contributed by atoms with E-state index in [9.17, 15) is 8.42 Å². The fourth-order valence-electron chi connectivity index (χ4n) is 2.24. The van der Waals surface area contributed by atoms with E-state index in [2.05, 4.69) is 15.9 Å². The number of hydrogen-bond acceptors (Lipinski definition) is 2. The normalized spacial score (nSPS) is 25.9. The summed E-state index contributed by atoms with van der Waals surface area (Å²) in [6.45, 7) is 4.55. The van der Waals surface area contributed by atoms with Gasteiger partial charge in [-0.25, -0.2) is 8.42 Å². The molecule has 2 unspecified atom stereocenters. The number of hydrogen-bond donors (Lipinski definition) is 0. The summed E-state index contributed by atoms with van der Waals surface area (Å²) in [6.07, 6.45) is 0. The summed E-state index contributed by atoms with van der Waals surface area (Å²) in [5.74, 6) is 0.492. The topological polar surface area (TPSA) is 37.4 Å². The Morgan fingerprint density at radius 3 is 2.41 bits per heavy atom. The van der Waals surface area contributed by atoms with Gasteiger partial charge in [-0.3, -0.25) is 0 Å². The monoisotopic (exact) mass is 317 g/mol. The van der Waals surface area contributed by atoms with Crippen molar-refractivity contribution in [2.24, 2.45) is 5.92 Å². The quantitative estimate of drug-likeness (QED) is 0.841. The van der Waals surface area contributed by atoms with Crippen LogP contribution in [0, 0.1) is 5.92 Å². The lowest BCUT2D eigenvalue weighted by molar-refractivity contribution is 0.345. The van der Waals surface area contributed by atoms with Crippen LogP contribution in [0.15, 0.2) is 28.7 Å². The van der Waals surface area contributed by atoms with E-state index in [-0.39, 0.29) is 17.7 Å². The van der Waals surface area contributed by atoms with E-state index in [4.69, 9.17) is 0 Å². The number of rotatable bonds is 2. The lowest BCUT2D eigenvalue weighted by Gasteiger charge is -2.23. The molecule has 0 saturated carbocycles. The molecule has 0 bridgehead atoms. The molecule has 0 N–H and O–H groups in total. The predicted molar refractivity (Wildman–Crippen MR) is 72.2 cm³/mol. The molecule has 0 radical (unpaired) electrons. The first-order valence-corrected chi connectivity index (χ1v) is 8.05. The zero-order valence-electron chi connectivity index (χ0n) is 9.93. The first-order valence-electron chi connectivity index (χ1n) is 5.65. The van der Waals surface area contributed by atoms with Crippen molar-refractivity contribution in [1.82, 2.24) is 4.31 Å². The molecular formula is C12H16BrNO2S. The van der Waals surface area contributed by atoms with Crippen molar-refractivity contribution in [3.63, 3.8) is 0 Å². The molecule has 2 rings (SSSR count). The third-order valence-corrected chi connectivity index (χ3v) is 5.83. The fourth-order valence-corrected chi connectivity index (χ4v) is 4.60. The molecule has 1 heterocycles. The molecule has 0 aromatic heterocycles. The molecule has 17 heavy (non-hydrogen) atoms. The van der Waals surface area contributed by atoms with Gasteiger partial charge in [0.2, 0.25) is 10.0 Å². The number of benzene rings is 1. The molecule has 1 aliphatic heterocycles. The van der Waals surface area contributed by atoms with E-state index in [0.29, 0.717) is 6.54 Å². The summed E-state index contributed by atoms with van der Waals surface area (Å²) in [4.78, 5) is 0. The van der Waals surface area contributed by atoms with Gasteiger partial charge in [0.15, 0.2) is 0 Å². The fraction of sp³-hybridized carbons (Fsp3) is 0.500. The van der Waals surface area contributed by atoms with Gasteiger partial charge in [-0.2, -0.15) is 4.31 Å². The first-order chi connectivity index (χ1) is 7.90. The Kier molecular flexibility index (Phi) is 3.61. The van der Waals surface area contributed by atoms with E-state index < -0.39 is 10.0 Å². The summed E-state index contributed by atoms with van der Waals surface area (Å²) in [7, 11) is -3.07. The first kappa shape index (κ1) is 13.1. The Bertz CT molecular complexity index is 498. The van der Waals surface area contributed by atoms with Gasteiger partial charge in [-0.05, 0) is 30.5 Å². The summed E-state index contributed by atoms with van der Waals surface area (Å²) >= 11 is 3.38. The highest BCUT2D eigenvalue weighted by Gasteiger charge is 2.37. The van der Waals surface area contributed by atoms with Crippen molar-refractivity contribution in [1.29, 1.82) is 0 Å². The van der Waals surface area contributed by atoms with Crippen LogP contribution in [0.3, 0.4) is 0 Å². The summed E-state index contributed by atoms with van der Waals surface area (Å²) in [5, 5.41) is 0. The smallest absolute Gasteiger partial charge is 0.212 e. The molecular weight excluding hydrogens is 302 g/mol. The summed E-state index contributed by atoms with van der Waals surface area (Å²) in [6, 6.07) is 7.73. The molecule has 0 spiro atoms. The molecule has 1 aliphatic rings. The third kappa shape index (κ3) is 2.72. The van der Waals surface area contributed by atoms with Gasteiger partial charge in [0.25, 0.3) is 0 Å². The van der Waals surface area contributed by atoms with Crippen LogP contribution in [0.5, 0.6) is 0 Å². The van der Waals surface area contributed by atoms with E-state index >= 15 is 0 Å². The van der Waals surface area contributed by atoms with Crippen molar-refractivity contribution in [3.05, 3.63) is 34.3 Å². The van der Waals surface area contributed by atoms with Gasteiger partial charge >= 0.3 is 0 Å². The van der Waals surface area contributed by atoms with Crippen LogP contribution in [0.2, 0.25) is 0 Å². The summed E-state index contributed by atoms with van der Waals surface area (Å²) in [5.41, 5.74) is 1.03. The van der Waals surface area contributed by atoms with Crippen LogP contribution >= 0.6 is 15.9 Å². The molecule has 1 fully saturated rings. The maximum Gasteiger partial charge on any atom is 0.214 e. The SMILES string of the molecule is CC1CN(C(C)c2ccc(Br)cc2)S(=O)(=O)C1. The lowest BCUT2D eigenvalue weighted by atomic mass is 10.1. The van der Waals surface area contributed by atoms with Crippen LogP contribution in [-0.4, -0.2) is 25.0 Å². The largest absolute Gasteiger partial charge is 0.214 e. The predicted octanol–water partition coefficient (Wildman–Crippen LogP) is 2.79. The van der Waals surface area contributed by atoms with Gasteiger partial charge in [-0.1, -0.05) is 35.0 Å². The van der Waals surface area contributed by atoms with E-state index in [0.717, 1.165) is 10.0 Å². The van der Waals surface area contributed by atoms with Crippen molar-refractivity contribution in [2.45, 2.75) is 19.9 Å². The Morgan fingerprint density at radius 1 is 1.35 bits per heavy atom. The number of sulfonamides is 1. The van der Waals surface area contributed by atoms with Crippen LogP contribution in [0.1, 0.15) is 25.5 Å². The molecule has 1 aromatic carbocycles. The second-order valence-corrected chi connectivity index (χ2v) is 7.56. The minimum absolute atomic E-state index is 0.0851. The van der Waals surface area contributed by atoms with E-state index in [1.54, 1.807) is 4.31 Å². The van der Waals surface area contributed by atoms with Crippen LogP contribution in [0.4, 0.5) is 0 Å². The Morgan fingerprint density at radius 2 is 1.94 bits per heavy atom. The van der Waals surface area contributed by atoms with Gasteiger partial charge in [0.1, 0.15) is 0 Å². The van der Waals surface area contributed by atoms with Crippen molar-refractivity contribution >= 4 is 26.0 Å². The standard InChI is InChI=1S/C12H16BrNO2S/c1-9-7-14(17(15,16)8-9)10(2)11-3-5-12(13)6-4-11/h3-6,9-10H,7-8H2,1-2H3. The molecule has 0 aliphatic carbocycles. The highest BCUT2D eigenvalue weighted by molar-refractivity contribution is 9.10. The van der Waals surface area contributed by atoms with Crippen LogP contribution in [0.25, 0.3) is 0 Å². The molecule has 1 saturated heterocycles. The van der Waals surface area contributed by atoms with Crippen molar-refractivity contribution < 1.29 is 8.42 Å². The molecule has 0 amide bonds. The maximum atomic E-state index is 12.0. The minimum Gasteiger partial charge on any atom is -0.212 e. The third-order valence-electron chi connectivity index (χ3n) is 3.13.